The van der Waals surface area contributed by atoms with Crippen LogP contribution in [0, 0.1) is 0 Å². The maximum atomic E-state index is 12.6. The van der Waals surface area contributed by atoms with Gasteiger partial charge in [-0.25, -0.2) is 0 Å². The lowest BCUT2D eigenvalue weighted by Gasteiger charge is -2.27. The lowest BCUT2D eigenvalue weighted by atomic mass is 10.2. The van der Waals surface area contributed by atoms with Gasteiger partial charge in [-0.15, -0.1) is 4.40 Å². The minimum atomic E-state index is -3.66. The van der Waals surface area contributed by atoms with Gasteiger partial charge in [-0.05, 0) is 32.0 Å². The Morgan fingerprint density at radius 1 is 1.42 bits per heavy atom. The number of likely N-dealkylation sites (N-methyl/N-ethyl adjacent to an activating group) is 2. The van der Waals surface area contributed by atoms with Gasteiger partial charge in [0, 0.05) is 31.7 Å². The summed E-state index contributed by atoms with van der Waals surface area (Å²) in [6.45, 7) is 1.64. The molecule has 1 unspecified atom stereocenters. The average molecular weight is 350 g/mol. The molecule has 7 nitrogen and oxygen atoms in total. The quantitative estimate of drug-likeness (QED) is 0.843. The molecule has 1 atom stereocenters. The highest BCUT2D eigenvalue weighted by atomic mass is 32.2. The van der Waals surface area contributed by atoms with E-state index in [1.165, 1.54) is 0 Å². The Hall–Kier alpha value is -1.93. The van der Waals surface area contributed by atoms with Gasteiger partial charge in [-0.1, -0.05) is 12.1 Å². The molecule has 1 aromatic rings. The van der Waals surface area contributed by atoms with Crippen LogP contribution in [0.5, 0.6) is 0 Å². The number of benzene rings is 1. The maximum Gasteiger partial charge on any atom is 0.285 e. The molecule has 0 radical (unpaired) electrons. The summed E-state index contributed by atoms with van der Waals surface area (Å²) >= 11 is 0. The number of hydrogen-bond donors (Lipinski definition) is 1. The zero-order valence-electron chi connectivity index (χ0n) is 13.9. The van der Waals surface area contributed by atoms with Crippen LogP contribution in [0.25, 0.3) is 0 Å². The van der Waals surface area contributed by atoms with Crippen LogP contribution in [0.4, 0.5) is 0 Å². The molecule has 3 rings (SSSR count). The molecule has 8 heteroatoms. The van der Waals surface area contributed by atoms with Gasteiger partial charge in [0.15, 0.2) is 5.84 Å². The van der Waals surface area contributed by atoms with Crippen LogP contribution in [0.1, 0.15) is 18.4 Å². The fourth-order valence-corrected chi connectivity index (χ4v) is 4.60. The Morgan fingerprint density at radius 3 is 2.92 bits per heavy atom. The number of likely N-dealkylation sites (tertiary alicyclic amines) is 1. The second kappa shape index (κ2) is 6.52. The highest BCUT2D eigenvalue weighted by molar-refractivity contribution is 7.90. The first-order valence-electron chi connectivity index (χ1n) is 8.03. The van der Waals surface area contributed by atoms with Crippen LogP contribution in [0.2, 0.25) is 0 Å². The number of amidine groups is 1. The highest BCUT2D eigenvalue weighted by Gasteiger charge is 2.33. The van der Waals surface area contributed by atoms with E-state index in [0.29, 0.717) is 11.4 Å². The number of carbonyl (C=O) groups excluding carboxylic acids is 1. The van der Waals surface area contributed by atoms with Gasteiger partial charge in [-0.2, -0.15) is 8.42 Å². The molecular weight excluding hydrogens is 328 g/mol. The highest BCUT2D eigenvalue weighted by Crippen LogP contribution is 2.27. The molecule has 1 aromatic carbocycles. The van der Waals surface area contributed by atoms with E-state index in [1.807, 2.05) is 11.9 Å². The summed E-state index contributed by atoms with van der Waals surface area (Å²) in [5.74, 6) is 0.336. The predicted octanol–water partition coefficient (Wildman–Crippen LogP) is 0.278. The number of amides is 1. The van der Waals surface area contributed by atoms with Crippen molar-refractivity contribution in [2.24, 2.45) is 4.40 Å². The fraction of sp³-hybridized carbons (Fsp3) is 0.500. The molecule has 1 amide bonds. The number of hydrogen-bond acceptors (Lipinski definition) is 5. The third kappa shape index (κ3) is 3.03. The Morgan fingerprint density at radius 2 is 2.17 bits per heavy atom. The summed E-state index contributed by atoms with van der Waals surface area (Å²) in [4.78, 5) is 16.3. The van der Waals surface area contributed by atoms with Crippen molar-refractivity contribution < 1.29 is 13.2 Å². The lowest BCUT2D eigenvalue weighted by Crippen LogP contribution is -2.46. The van der Waals surface area contributed by atoms with Crippen molar-refractivity contribution in [2.45, 2.75) is 23.8 Å². The van der Waals surface area contributed by atoms with Crippen LogP contribution >= 0.6 is 0 Å². The molecule has 2 aliphatic heterocycles. The molecule has 1 N–H and O–H groups in total. The van der Waals surface area contributed by atoms with Crippen molar-refractivity contribution in [1.29, 1.82) is 0 Å². The molecule has 0 saturated carbocycles. The van der Waals surface area contributed by atoms with Gasteiger partial charge in [0.25, 0.3) is 10.0 Å². The van der Waals surface area contributed by atoms with Crippen molar-refractivity contribution in [2.75, 3.05) is 33.7 Å². The van der Waals surface area contributed by atoms with E-state index in [0.717, 1.165) is 25.9 Å². The summed E-state index contributed by atoms with van der Waals surface area (Å²) in [6.07, 6.45) is 1.99. The van der Waals surface area contributed by atoms with E-state index in [-0.39, 0.29) is 23.4 Å². The van der Waals surface area contributed by atoms with Crippen LogP contribution < -0.4 is 5.32 Å². The molecule has 0 aromatic heterocycles. The summed E-state index contributed by atoms with van der Waals surface area (Å²) in [5.41, 5.74) is 0.556. The first-order valence-corrected chi connectivity index (χ1v) is 9.47. The van der Waals surface area contributed by atoms with Crippen LogP contribution in [0.15, 0.2) is 33.6 Å². The SMILES string of the molecule is CNCC1CCCN1C(=O)CN(C)C1=NS(=O)(=O)c2ccccc21. The standard InChI is InChI=1S/C16H22N4O3S/c1-17-10-12-6-5-9-20(12)15(21)11-19(2)16-13-7-3-4-8-14(13)24(22,23)18-16/h3-4,7-8,12,17H,5-6,9-11H2,1-2H3. The number of sulfonamides is 1. The van der Waals surface area contributed by atoms with E-state index in [9.17, 15) is 13.2 Å². The van der Waals surface area contributed by atoms with E-state index in [1.54, 1.807) is 36.2 Å². The third-order valence-electron chi connectivity index (χ3n) is 4.48. The minimum Gasteiger partial charge on any atom is -0.349 e. The number of nitrogens with zero attached hydrogens (tertiary/aromatic N) is 3. The Labute approximate surface area is 142 Å². The van der Waals surface area contributed by atoms with Gasteiger partial charge in [-0.3, -0.25) is 4.79 Å². The zero-order chi connectivity index (χ0) is 17.3. The average Bonchev–Trinajstić information content (AvgIpc) is 3.11. The number of carbonyl (C=O) groups is 1. The van der Waals surface area contributed by atoms with E-state index >= 15 is 0 Å². The first kappa shape index (κ1) is 16.9. The van der Waals surface area contributed by atoms with Crippen LogP contribution in [-0.4, -0.2) is 69.7 Å². The molecule has 1 saturated heterocycles. The maximum absolute atomic E-state index is 12.6. The molecule has 0 aliphatic carbocycles. The van der Waals surface area contributed by atoms with Crippen LogP contribution in [-0.2, 0) is 14.8 Å². The van der Waals surface area contributed by atoms with E-state index in [4.69, 9.17) is 0 Å². The first-order chi connectivity index (χ1) is 11.4. The summed E-state index contributed by atoms with van der Waals surface area (Å²) in [6, 6.07) is 6.91. The molecule has 130 valence electrons. The molecule has 2 aliphatic rings. The van der Waals surface area contributed by atoms with Crippen LogP contribution in [0.3, 0.4) is 0 Å². The molecule has 0 spiro atoms. The molecule has 24 heavy (non-hydrogen) atoms. The van der Waals surface area contributed by atoms with Gasteiger partial charge < -0.3 is 15.1 Å². The number of rotatable bonds is 4. The van der Waals surface area contributed by atoms with Crippen molar-refractivity contribution in [3.05, 3.63) is 29.8 Å². The Bertz CT molecular complexity index is 775. The van der Waals surface area contributed by atoms with Crippen molar-refractivity contribution in [3.8, 4) is 0 Å². The lowest BCUT2D eigenvalue weighted by molar-refractivity contribution is -0.132. The summed E-state index contributed by atoms with van der Waals surface area (Å²) in [7, 11) is -0.0796. The smallest absolute Gasteiger partial charge is 0.285 e. The summed E-state index contributed by atoms with van der Waals surface area (Å²) in [5, 5.41) is 3.12. The summed E-state index contributed by atoms with van der Waals surface area (Å²) < 4.78 is 28.1. The van der Waals surface area contributed by atoms with Gasteiger partial charge in [0.1, 0.15) is 4.90 Å². The van der Waals surface area contributed by atoms with E-state index < -0.39 is 10.0 Å². The normalized spacial score (nSPS) is 21.5. The topological polar surface area (TPSA) is 82.1 Å². The fourth-order valence-electron chi connectivity index (χ4n) is 3.34. The largest absolute Gasteiger partial charge is 0.349 e. The monoisotopic (exact) mass is 350 g/mol. The van der Waals surface area contributed by atoms with Gasteiger partial charge >= 0.3 is 0 Å². The van der Waals surface area contributed by atoms with Gasteiger partial charge in [0.05, 0.1) is 6.54 Å². The third-order valence-corrected chi connectivity index (χ3v) is 5.81. The van der Waals surface area contributed by atoms with E-state index in [2.05, 4.69) is 9.71 Å². The van der Waals surface area contributed by atoms with Crippen molar-refractivity contribution in [3.63, 3.8) is 0 Å². The molecule has 2 heterocycles. The Balaban J connectivity index is 1.76. The minimum absolute atomic E-state index is 0.000251. The van der Waals surface area contributed by atoms with Gasteiger partial charge in [0.2, 0.25) is 5.91 Å². The number of nitrogens with one attached hydrogen (secondary N) is 1. The number of fused-ring (bicyclic) bond motifs is 1. The molecule has 1 fully saturated rings. The predicted molar refractivity (Wildman–Crippen MR) is 91.5 cm³/mol. The second-order valence-corrected chi connectivity index (χ2v) is 7.76. The Kier molecular flexibility index (Phi) is 4.60. The zero-order valence-corrected chi connectivity index (χ0v) is 14.7. The van der Waals surface area contributed by atoms with Crippen molar-refractivity contribution in [1.82, 2.24) is 15.1 Å². The molecule has 0 bridgehead atoms. The second-order valence-electron chi connectivity index (χ2n) is 6.18. The molecular formula is C16H22N4O3S. The van der Waals surface area contributed by atoms with Crippen molar-refractivity contribution >= 4 is 21.8 Å².